The lowest BCUT2D eigenvalue weighted by Gasteiger charge is -2.06. The van der Waals surface area contributed by atoms with Gasteiger partial charge in [0.05, 0.1) is 0 Å². The summed E-state index contributed by atoms with van der Waals surface area (Å²) in [7, 11) is 0. The maximum atomic E-state index is 12.1. The summed E-state index contributed by atoms with van der Waals surface area (Å²) in [5.41, 5.74) is 2.71. The molecule has 3 aromatic rings. The Bertz CT molecular complexity index is 759. The minimum absolute atomic E-state index is 0.0765. The third kappa shape index (κ3) is 4.45. The fourth-order valence-electron chi connectivity index (χ4n) is 2.17. The van der Waals surface area contributed by atoms with Crippen molar-refractivity contribution in [2.75, 3.05) is 12.3 Å². The van der Waals surface area contributed by atoms with E-state index in [9.17, 15) is 4.79 Å². The Balaban J connectivity index is 1.42. The molecule has 0 saturated heterocycles. The summed E-state index contributed by atoms with van der Waals surface area (Å²) in [6.45, 7) is 0.641. The summed E-state index contributed by atoms with van der Waals surface area (Å²) in [6, 6.07) is 17.4. The molecule has 0 aliphatic carbocycles. The van der Waals surface area contributed by atoms with Crippen molar-refractivity contribution in [3.8, 4) is 11.5 Å². The second-order valence-electron chi connectivity index (χ2n) is 5.12. The van der Waals surface area contributed by atoms with Crippen LogP contribution in [0.1, 0.15) is 15.9 Å². The van der Waals surface area contributed by atoms with E-state index in [-0.39, 0.29) is 5.91 Å². The van der Waals surface area contributed by atoms with E-state index in [2.05, 4.69) is 27.6 Å². The van der Waals surface area contributed by atoms with Crippen molar-refractivity contribution >= 4 is 17.7 Å². The number of nitrogens with one attached hydrogen (secondary N) is 1. The van der Waals surface area contributed by atoms with Crippen molar-refractivity contribution in [1.29, 1.82) is 0 Å². The SMILES string of the molecule is O=C(NCCSCc1ccccc1)c1ccc(-c2nnco2)cc1. The molecule has 0 radical (unpaired) electrons. The molecule has 0 fully saturated rings. The fraction of sp³-hybridized carbons (Fsp3) is 0.167. The molecule has 2 aromatic carbocycles. The molecule has 122 valence electrons. The number of rotatable bonds is 7. The highest BCUT2D eigenvalue weighted by molar-refractivity contribution is 7.98. The average molecular weight is 339 g/mol. The quantitative estimate of drug-likeness (QED) is 0.668. The molecule has 5 nitrogen and oxygen atoms in total. The zero-order chi connectivity index (χ0) is 16.6. The Morgan fingerprint density at radius 3 is 2.58 bits per heavy atom. The molecule has 0 atom stereocenters. The molecule has 24 heavy (non-hydrogen) atoms. The Morgan fingerprint density at radius 1 is 1.08 bits per heavy atom. The van der Waals surface area contributed by atoms with Gasteiger partial charge in [-0.05, 0) is 29.8 Å². The highest BCUT2D eigenvalue weighted by atomic mass is 32.2. The largest absolute Gasteiger partial charge is 0.423 e. The van der Waals surface area contributed by atoms with Crippen molar-refractivity contribution in [3.63, 3.8) is 0 Å². The van der Waals surface area contributed by atoms with Gasteiger partial charge in [0.2, 0.25) is 12.3 Å². The van der Waals surface area contributed by atoms with E-state index in [0.29, 0.717) is 18.0 Å². The first kappa shape index (κ1) is 16.3. The number of carbonyl (C=O) groups is 1. The van der Waals surface area contributed by atoms with Crippen LogP contribution >= 0.6 is 11.8 Å². The lowest BCUT2D eigenvalue weighted by Crippen LogP contribution is -2.25. The van der Waals surface area contributed by atoms with Crippen LogP contribution in [0.25, 0.3) is 11.5 Å². The minimum atomic E-state index is -0.0765. The first-order chi connectivity index (χ1) is 11.8. The lowest BCUT2D eigenvalue weighted by atomic mass is 10.1. The summed E-state index contributed by atoms with van der Waals surface area (Å²) in [5.74, 6) is 2.20. The molecule has 0 aliphatic rings. The maximum absolute atomic E-state index is 12.1. The molecular weight excluding hydrogens is 322 g/mol. The smallest absolute Gasteiger partial charge is 0.251 e. The summed E-state index contributed by atoms with van der Waals surface area (Å²) >= 11 is 1.80. The predicted octanol–water partition coefficient (Wildman–Crippen LogP) is 3.40. The highest BCUT2D eigenvalue weighted by Gasteiger charge is 2.07. The van der Waals surface area contributed by atoms with E-state index in [1.807, 2.05) is 18.2 Å². The van der Waals surface area contributed by atoms with Crippen LogP contribution < -0.4 is 5.32 Å². The van der Waals surface area contributed by atoms with Gasteiger partial charge in [-0.2, -0.15) is 11.8 Å². The van der Waals surface area contributed by atoms with Crippen LogP contribution in [0.15, 0.2) is 65.4 Å². The molecule has 0 spiro atoms. The van der Waals surface area contributed by atoms with Crippen LogP contribution in [-0.2, 0) is 5.75 Å². The fourth-order valence-corrected chi connectivity index (χ4v) is 2.98. The van der Waals surface area contributed by atoms with E-state index in [4.69, 9.17) is 4.42 Å². The zero-order valence-electron chi connectivity index (χ0n) is 13.0. The first-order valence-electron chi connectivity index (χ1n) is 7.59. The van der Waals surface area contributed by atoms with Crippen molar-refractivity contribution in [1.82, 2.24) is 15.5 Å². The molecule has 1 heterocycles. The Kier molecular flexibility index (Phi) is 5.63. The van der Waals surface area contributed by atoms with Crippen LogP contribution in [-0.4, -0.2) is 28.4 Å². The lowest BCUT2D eigenvalue weighted by molar-refractivity contribution is 0.0956. The van der Waals surface area contributed by atoms with Gasteiger partial charge in [0.1, 0.15) is 0 Å². The second-order valence-corrected chi connectivity index (χ2v) is 6.22. The number of hydrogen-bond acceptors (Lipinski definition) is 5. The molecule has 3 rings (SSSR count). The molecule has 1 aromatic heterocycles. The van der Waals surface area contributed by atoms with Crippen LogP contribution in [0, 0.1) is 0 Å². The number of amides is 1. The zero-order valence-corrected chi connectivity index (χ0v) is 13.8. The number of hydrogen-bond donors (Lipinski definition) is 1. The Hall–Kier alpha value is -2.60. The standard InChI is InChI=1S/C18H17N3O2S/c22-17(19-10-11-24-12-14-4-2-1-3-5-14)15-6-8-16(9-7-15)18-21-20-13-23-18/h1-9,13H,10-12H2,(H,19,22). The van der Waals surface area contributed by atoms with Gasteiger partial charge in [-0.1, -0.05) is 30.3 Å². The summed E-state index contributed by atoms with van der Waals surface area (Å²) in [6.07, 6.45) is 1.28. The van der Waals surface area contributed by atoms with Crippen molar-refractivity contribution < 1.29 is 9.21 Å². The molecule has 1 N–H and O–H groups in total. The molecule has 0 saturated carbocycles. The Labute approximate surface area is 144 Å². The molecule has 0 bridgehead atoms. The van der Waals surface area contributed by atoms with Gasteiger partial charge in [-0.3, -0.25) is 4.79 Å². The van der Waals surface area contributed by atoms with Crippen molar-refractivity contribution in [3.05, 3.63) is 72.1 Å². The van der Waals surface area contributed by atoms with Gasteiger partial charge in [-0.25, -0.2) is 0 Å². The van der Waals surface area contributed by atoms with Crippen LogP contribution in [0.3, 0.4) is 0 Å². The van der Waals surface area contributed by atoms with Gasteiger partial charge in [0, 0.05) is 29.2 Å². The van der Waals surface area contributed by atoms with Gasteiger partial charge in [0.25, 0.3) is 5.91 Å². The number of carbonyl (C=O) groups excluding carboxylic acids is 1. The van der Waals surface area contributed by atoms with E-state index < -0.39 is 0 Å². The van der Waals surface area contributed by atoms with E-state index in [1.165, 1.54) is 12.0 Å². The van der Waals surface area contributed by atoms with Crippen LogP contribution in [0.5, 0.6) is 0 Å². The monoisotopic (exact) mass is 339 g/mol. The number of benzene rings is 2. The molecule has 1 amide bonds. The topological polar surface area (TPSA) is 68.0 Å². The van der Waals surface area contributed by atoms with Crippen LogP contribution in [0.2, 0.25) is 0 Å². The third-order valence-electron chi connectivity index (χ3n) is 3.40. The normalized spacial score (nSPS) is 10.5. The Morgan fingerprint density at radius 2 is 1.88 bits per heavy atom. The van der Waals surface area contributed by atoms with Gasteiger partial charge in [0.15, 0.2) is 0 Å². The maximum Gasteiger partial charge on any atom is 0.251 e. The van der Waals surface area contributed by atoms with Gasteiger partial charge >= 0.3 is 0 Å². The second kappa shape index (κ2) is 8.31. The van der Waals surface area contributed by atoms with Gasteiger partial charge in [-0.15, -0.1) is 10.2 Å². The van der Waals surface area contributed by atoms with E-state index in [1.54, 1.807) is 36.0 Å². The third-order valence-corrected chi connectivity index (χ3v) is 4.43. The summed E-state index contributed by atoms with van der Waals surface area (Å²) in [4.78, 5) is 12.1. The van der Waals surface area contributed by atoms with E-state index in [0.717, 1.165) is 17.1 Å². The number of nitrogens with zero attached hydrogens (tertiary/aromatic N) is 2. The number of aromatic nitrogens is 2. The predicted molar refractivity (Wildman–Crippen MR) is 94.7 cm³/mol. The average Bonchev–Trinajstić information content (AvgIpc) is 3.17. The molecule has 0 unspecified atom stereocenters. The first-order valence-corrected chi connectivity index (χ1v) is 8.75. The summed E-state index contributed by atoms with van der Waals surface area (Å²) < 4.78 is 5.12. The molecule has 0 aliphatic heterocycles. The van der Waals surface area contributed by atoms with Crippen molar-refractivity contribution in [2.24, 2.45) is 0 Å². The number of thioether (sulfide) groups is 1. The van der Waals surface area contributed by atoms with Gasteiger partial charge < -0.3 is 9.73 Å². The minimum Gasteiger partial charge on any atom is -0.423 e. The molecular formula is C18H17N3O2S. The van der Waals surface area contributed by atoms with E-state index >= 15 is 0 Å². The summed E-state index contributed by atoms with van der Waals surface area (Å²) in [5, 5.41) is 10.4. The van der Waals surface area contributed by atoms with Crippen molar-refractivity contribution in [2.45, 2.75) is 5.75 Å². The van der Waals surface area contributed by atoms with Crippen LogP contribution in [0.4, 0.5) is 0 Å². The highest BCUT2D eigenvalue weighted by Crippen LogP contribution is 2.16. The molecule has 6 heteroatoms.